The van der Waals surface area contributed by atoms with E-state index in [4.69, 9.17) is 0 Å². The Hall–Kier alpha value is -0.760. The molecule has 1 nitrogen and oxygen atoms in total. The zero-order chi connectivity index (χ0) is 12.1. The van der Waals surface area contributed by atoms with Gasteiger partial charge >= 0.3 is 0 Å². The fraction of sp³-hybridized carbons (Fsp3) is 0.500. The molecular weight excluding hydrogens is 216 g/mol. The average molecular weight is 236 g/mol. The molecule has 0 aliphatic rings. The first kappa shape index (κ1) is 13.3. The van der Waals surface area contributed by atoms with Gasteiger partial charge < -0.3 is 0 Å². The van der Waals surface area contributed by atoms with Crippen LogP contribution < -0.4 is 0 Å². The summed E-state index contributed by atoms with van der Waals surface area (Å²) in [5.74, 6) is 0.951. The van der Waals surface area contributed by atoms with E-state index in [9.17, 15) is 4.79 Å². The summed E-state index contributed by atoms with van der Waals surface area (Å²) in [4.78, 5) is 11.7. The van der Waals surface area contributed by atoms with Gasteiger partial charge in [-0.3, -0.25) is 4.79 Å². The molecule has 88 valence electrons. The summed E-state index contributed by atoms with van der Waals surface area (Å²) in [7, 11) is 0. The number of thioether (sulfide) groups is 1. The molecule has 0 bridgehead atoms. The molecule has 0 radical (unpaired) electrons. The predicted molar refractivity (Wildman–Crippen MR) is 72.2 cm³/mol. The molecule has 0 atom stereocenters. The SMILES string of the molecule is Cc1ccc(CC(=O)CSC(C)C)cc1C. The van der Waals surface area contributed by atoms with E-state index >= 15 is 0 Å². The number of aryl methyl sites for hydroxylation is 2. The molecule has 0 aliphatic carbocycles. The first-order valence-corrected chi connectivity index (χ1v) is 6.73. The predicted octanol–water partition coefficient (Wildman–Crippen LogP) is 3.56. The van der Waals surface area contributed by atoms with Crippen LogP contribution in [0.2, 0.25) is 0 Å². The molecule has 2 heteroatoms. The van der Waals surface area contributed by atoms with Gasteiger partial charge in [0.2, 0.25) is 0 Å². The molecule has 0 N–H and O–H groups in total. The van der Waals surface area contributed by atoms with Gasteiger partial charge in [0.05, 0.1) is 5.75 Å². The topological polar surface area (TPSA) is 17.1 Å². The third kappa shape index (κ3) is 4.40. The van der Waals surface area contributed by atoms with Crippen molar-refractivity contribution in [3.05, 3.63) is 34.9 Å². The second-order valence-electron chi connectivity index (χ2n) is 4.49. The van der Waals surface area contributed by atoms with Crippen molar-refractivity contribution < 1.29 is 4.79 Å². The Labute approximate surface area is 103 Å². The Bertz CT molecular complexity index is 369. The van der Waals surface area contributed by atoms with Crippen molar-refractivity contribution in [2.24, 2.45) is 0 Å². The molecule has 0 fully saturated rings. The van der Waals surface area contributed by atoms with Crippen LogP contribution in [0.5, 0.6) is 0 Å². The summed E-state index contributed by atoms with van der Waals surface area (Å²) >= 11 is 1.72. The van der Waals surface area contributed by atoms with Crippen molar-refractivity contribution in [3.8, 4) is 0 Å². The number of hydrogen-bond acceptors (Lipinski definition) is 2. The maximum atomic E-state index is 11.7. The fourth-order valence-corrected chi connectivity index (χ4v) is 2.07. The largest absolute Gasteiger partial charge is 0.298 e. The van der Waals surface area contributed by atoms with Gasteiger partial charge in [-0.2, -0.15) is 11.8 Å². The lowest BCUT2D eigenvalue weighted by atomic mass is 10.0. The van der Waals surface area contributed by atoms with E-state index in [1.165, 1.54) is 11.1 Å². The first-order valence-electron chi connectivity index (χ1n) is 5.68. The summed E-state index contributed by atoms with van der Waals surface area (Å²) in [5, 5.41) is 0.531. The van der Waals surface area contributed by atoms with Crippen LogP contribution in [0.25, 0.3) is 0 Å². The minimum absolute atomic E-state index is 0.321. The van der Waals surface area contributed by atoms with Gasteiger partial charge in [0.1, 0.15) is 5.78 Å². The van der Waals surface area contributed by atoms with Crippen molar-refractivity contribution in [1.29, 1.82) is 0 Å². The summed E-state index contributed by atoms with van der Waals surface area (Å²) in [6.45, 7) is 8.42. The van der Waals surface area contributed by atoms with Crippen LogP contribution in [0, 0.1) is 13.8 Å². The van der Waals surface area contributed by atoms with Crippen LogP contribution in [0.3, 0.4) is 0 Å². The standard InChI is InChI=1S/C14H20OS/c1-10(2)16-9-14(15)8-13-6-5-11(3)12(4)7-13/h5-7,10H,8-9H2,1-4H3. The van der Waals surface area contributed by atoms with Crippen molar-refractivity contribution in [2.75, 3.05) is 5.75 Å². The van der Waals surface area contributed by atoms with Crippen LogP contribution in [0.4, 0.5) is 0 Å². The maximum Gasteiger partial charge on any atom is 0.147 e. The van der Waals surface area contributed by atoms with E-state index in [1.807, 2.05) is 0 Å². The summed E-state index contributed by atoms with van der Waals surface area (Å²) in [5.41, 5.74) is 3.69. The van der Waals surface area contributed by atoms with Crippen molar-refractivity contribution >= 4 is 17.5 Å². The number of rotatable bonds is 5. The lowest BCUT2D eigenvalue weighted by molar-refractivity contribution is -0.116. The van der Waals surface area contributed by atoms with Gasteiger partial charge in [-0.15, -0.1) is 0 Å². The smallest absolute Gasteiger partial charge is 0.147 e. The van der Waals surface area contributed by atoms with Crippen molar-refractivity contribution in [3.63, 3.8) is 0 Å². The lowest BCUT2D eigenvalue weighted by Crippen LogP contribution is -2.08. The minimum Gasteiger partial charge on any atom is -0.298 e. The van der Waals surface area contributed by atoms with Gasteiger partial charge in [-0.1, -0.05) is 32.0 Å². The van der Waals surface area contributed by atoms with Crippen molar-refractivity contribution in [2.45, 2.75) is 39.4 Å². The van der Waals surface area contributed by atoms with Crippen molar-refractivity contribution in [1.82, 2.24) is 0 Å². The van der Waals surface area contributed by atoms with Crippen LogP contribution in [-0.4, -0.2) is 16.8 Å². The van der Waals surface area contributed by atoms with Gasteiger partial charge in [-0.25, -0.2) is 0 Å². The highest BCUT2D eigenvalue weighted by molar-refractivity contribution is 8.00. The molecule has 0 spiro atoms. The average Bonchev–Trinajstić information content (AvgIpc) is 2.21. The third-order valence-corrected chi connectivity index (χ3v) is 3.71. The highest BCUT2D eigenvalue weighted by Gasteiger charge is 2.06. The number of benzene rings is 1. The fourth-order valence-electron chi connectivity index (χ4n) is 1.45. The number of Topliss-reactive ketones (excluding diaryl/α,β-unsaturated/α-hetero) is 1. The normalized spacial score (nSPS) is 10.8. The van der Waals surface area contributed by atoms with Crippen LogP contribution in [0.15, 0.2) is 18.2 Å². The second-order valence-corrected chi connectivity index (χ2v) is 6.06. The molecule has 0 unspecified atom stereocenters. The molecule has 1 rings (SSSR count). The van der Waals surface area contributed by atoms with E-state index in [2.05, 4.69) is 45.9 Å². The monoisotopic (exact) mass is 236 g/mol. The molecule has 16 heavy (non-hydrogen) atoms. The lowest BCUT2D eigenvalue weighted by Gasteiger charge is -2.06. The first-order chi connectivity index (χ1) is 7.49. The van der Waals surface area contributed by atoms with E-state index in [-0.39, 0.29) is 0 Å². The van der Waals surface area contributed by atoms with Crippen LogP contribution in [-0.2, 0) is 11.2 Å². The molecular formula is C14H20OS. The Morgan fingerprint density at radius 3 is 2.50 bits per heavy atom. The molecule has 0 saturated heterocycles. The zero-order valence-electron chi connectivity index (χ0n) is 10.5. The highest BCUT2D eigenvalue weighted by atomic mass is 32.2. The molecule has 1 aromatic rings. The van der Waals surface area contributed by atoms with Gasteiger partial charge in [0.15, 0.2) is 0 Å². The molecule has 0 heterocycles. The van der Waals surface area contributed by atoms with E-state index < -0.39 is 0 Å². The van der Waals surface area contributed by atoms with Crippen LogP contribution >= 0.6 is 11.8 Å². The quantitative estimate of drug-likeness (QED) is 0.777. The van der Waals surface area contributed by atoms with Gasteiger partial charge in [0.25, 0.3) is 0 Å². The Kier molecular flexibility index (Phi) is 5.07. The molecule has 0 saturated carbocycles. The highest BCUT2D eigenvalue weighted by Crippen LogP contribution is 2.13. The Morgan fingerprint density at radius 2 is 1.94 bits per heavy atom. The van der Waals surface area contributed by atoms with Crippen LogP contribution in [0.1, 0.15) is 30.5 Å². The number of carbonyl (C=O) groups is 1. The Morgan fingerprint density at radius 1 is 1.25 bits per heavy atom. The number of carbonyl (C=O) groups excluding carboxylic acids is 1. The van der Waals surface area contributed by atoms with E-state index in [1.54, 1.807) is 11.8 Å². The summed E-state index contributed by atoms with van der Waals surface area (Å²) in [6.07, 6.45) is 0.570. The molecule has 0 aromatic heterocycles. The molecule has 0 aliphatic heterocycles. The molecule has 0 amide bonds. The minimum atomic E-state index is 0.321. The second kappa shape index (κ2) is 6.09. The number of hydrogen-bond donors (Lipinski definition) is 0. The molecule has 1 aromatic carbocycles. The van der Waals surface area contributed by atoms with Gasteiger partial charge in [0, 0.05) is 6.42 Å². The van der Waals surface area contributed by atoms with E-state index in [0.717, 1.165) is 5.56 Å². The maximum absolute atomic E-state index is 11.7. The van der Waals surface area contributed by atoms with Gasteiger partial charge in [-0.05, 0) is 35.8 Å². The summed E-state index contributed by atoms with van der Waals surface area (Å²) in [6, 6.07) is 6.26. The Balaban J connectivity index is 2.53. The third-order valence-electron chi connectivity index (χ3n) is 2.55. The zero-order valence-corrected chi connectivity index (χ0v) is 11.4. The van der Waals surface area contributed by atoms with E-state index in [0.29, 0.717) is 23.2 Å². The summed E-state index contributed by atoms with van der Waals surface area (Å²) < 4.78 is 0. The number of ketones is 1.